The van der Waals surface area contributed by atoms with Gasteiger partial charge in [-0.2, -0.15) is 5.10 Å². The second kappa shape index (κ2) is 5.23. The van der Waals surface area contributed by atoms with E-state index in [0.29, 0.717) is 11.6 Å². The van der Waals surface area contributed by atoms with Crippen LogP contribution in [0.1, 0.15) is 18.3 Å². The number of hydrogen-bond acceptors (Lipinski definition) is 2. The SMILES string of the molecule is CCc1cc(COc2cccc(Cl)c2)n(C)n1. The summed E-state index contributed by atoms with van der Waals surface area (Å²) in [6.45, 7) is 2.59. The third-order valence-electron chi connectivity index (χ3n) is 2.57. The van der Waals surface area contributed by atoms with E-state index in [9.17, 15) is 0 Å². The predicted molar refractivity (Wildman–Crippen MR) is 68.4 cm³/mol. The quantitative estimate of drug-likeness (QED) is 0.833. The van der Waals surface area contributed by atoms with Crippen LogP contribution in [0.5, 0.6) is 5.75 Å². The predicted octanol–water partition coefficient (Wildman–Crippen LogP) is 3.21. The van der Waals surface area contributed by atoms with Crippen molar-refractivity contribution in [2.24, 2.45) is 7.05 Å². The maximum atomic E-state index is 5.89. The zero-order chi connectivity index (χ0) is 12.3. The molecule has 0 unspecified atom stereocenters. The number of aromatic nitrogens is 2. The van der Waals surface area contributed by atoms with Crippen LogP contribution >= 0.6 is 11.6 Å². The molecule has 0 aliphatic heterocycles. The number of ether oxygens (including phenoxy) is 1. The molecule has 1 aromatic heterocycles. The maximum Gasteiger partial charge on any atom is 0.130 e. The molecule has 0 aliphatic carbocycles. The van der Waals surface area contributed by atoms with Crippen LogP contribution in [0, 0.1) is 0 Å². The molecule has 0 saturated carbocycles. The first-order chi connectivity index (χ1) is 8.19. The summed E-state index contributed by atoms with van der Waals surface area (Å²) in [7, 11) is 1.93. The molecular formula is C13H15ClN2O. The Balaban J connectivity index is 2.04. The monoisotopic (exact) mass is 250 g/mol. The molecule has 1 heterocycles. The molecule has 0 bridgehead atoms. The molecule has 2 rings (SSSR count). The Morgan fingerprint density at radius 1 is 1.35 bits per heavy atom. The highest BCUT2D eigenvalue weighted by molar-refractivity contribution is 6.30. The van der Waals surface area contributed by atoms with Crippen molar-refractivity contribution in [3.05, 3.63) is 46.7 Å². The first kappa shape index (κ1) is 12.0. The summed E-state index contributed by atoms with van der Waals surface area (Å²) in [5, 5.41) is 5.05. The molecule has 2 aromatic rings. The van der Waals surface area contributed by atoms with E-state index in [1.165, 1.54) is 0 Å². The van der Waals surface area contributed by atoms with Crippen molar-refractivity contribution in [3.63, 3.8) is 0 Å². The highest BCUT2D eigenvalue weighted by Gasteiger charge is 2.04. The number of aryl methyl sites for hydroxylation is 2. The largest absolute Gasteiger partial charge is 0.487 e. The second-order valence-electron chi connectivity index (χ2n) is 3.85. The summed E-state index contributed by atoms with van der Waals surface area (Å²) in [5.74, 6) is 0.775. The van der Waals surface area contributed by atoms with E-state index in [0.717, 1.165) is 23.6 Å². The molecule has 0 fully saturated rings. The van der Waals surface area contributed by atoms with E-state index in [4.69, 9.17) is 16.3 Å². The zero-order valence-electron chi connectivity index (χ0n) is 9.98. The van der Waals surface area contributed by atoms with Gasteiger partial charge in [-0.15, -0.1) is 0 Å². The first-order valence-corrected chi connectivity index (χ1v) is 5.97. The Morgan fingerprint density at radius 3 is 2.82 bits per heavy atom. The summed E-state index contributed by atoms with van der Waals surface area (Å²) in [4.78, 5) is 0. The lowest BCUT2D eigenvalue weighted by Crippen LogP contribution is -2.02. The van der Waals surface area contributed by atoms with Crippen LogP contribution in [-0.2, 0) is 20.1 Å². The highest BCUT2D eigenvalue weighted by atomic mass is 35.5. The lowest BCUT2D eigenvalue weighted by Gasteiger charge is -2.06. The van der Waals surface area contributed by atoms with E-state index in [1.807, 2.05) is 29.9 Å². The molecule has 0 spiro atoms. The van der Waals surface area contributed by atoms with Gasteiger partial charge in [0.05, 0.1) is 11.4 Å². The smallest absolute Gasteiger partial charge is 0.130 e. The Morgan fingerprint density at radius 2 is 2.18 bits per heavy atom. The molecule has 4 heteroatoms. The fourth-order valence-electron chi connectivity index (χ4n) is 1.59. The molecule has 0 saturated heterocycles. The zero-order valence-corrected chi connectivity index (χ0v) is 10.7. The van der Waals surface area contributed by atoms with E-state index in [-0.39, 0.29) is 0 Å². The summed E-state index contributed by atoms with van der Waals surface area (Å²) < 4.78 is 7.52. The third kappa shape index (κ3) is 3.01. The van der Waals surface area contributed by atoms with Crippen LogP contribution in [0.2, 0.25) is 5.02 Å². The minimum atomic E-state index is 0.504. The molecule has 3 nitrogen and oxygen atoms in total. The number of nitrogens with zero attached hydrogens (tertiary/aromatic N) is 2. The standard InChI is InChI=1S/C13H15ClN2O/c1-3-11-8-12(16(2)15-11)9-17-13-6-4-5-10(14)7-13/h4-8H,3,9H2,1-2H3. The third-order valence-corrected chi connectivity index (χ3v) is 2.81. The van der Waals surface area contributed by atoms with E-state index >= 15 is 0 Å². The molecule has 0 amide bonds. The maximum absolute atomic E-state index is 5.89. The van der Waals surface area contributed by atoms with Crippen molar-refractivity contribution in [1.82, 2.24) is 9.78 Å². The topological polar surface area (TPSA) is 27.1 Å². The fraction of sp³-hybridized carbons (Fsp3) is 0.308. The number of halogens is 1. The average Bonchev–Trinajstić information content (AvgIpc) is 2.68. The molecule has 0 radical (unpaired) electrons. The van der Waals surface area contributed by atoms with Crippen LogP contribution in [0.3, 0.4) is 0 Å². The van der Waals surface area contributed by atoms with E-state index in [1.54, 1.807) is 6.07 Å². The van der Waals surface area contributed by atoms with Gasteiger partial charge in [0.25, 0.3) is 0 Å². The van der Waals surface area contributed by atoms with Crippen molar-refractivity contribution in [1.29, 1.82) is 0 Å². The molecule has 0 atom stereocenters. The highest BCUT2D eigenvalue weighted by Crippen LogP contribution is 2.18. The Hall–Kier alpha value is -1.48. The fourth-order valence-corrected chi connectivity index (χ4v) is 1.77. The Bertz CT molecular complexity index is 508. The van der Waals surface area contributed by atoms with Gasteiger partial charge in [0.2, 0.25) is 0 Å². The lowest BCUT2D eigenvalue weighted by atomic mass is 10.3. The van der Waals surface area contributed by atoms with Crippen molar-refractivity contribution in [2.45, 2.75) is 20.0 Å². The van der Waals surface area contributed by atoms with Crippen molar-refractivity contribution >= 4 is 11.6 Å². The summed E-state index contributed by atoms with van der Waals surface area (Å²) in [5.41, 5.74) is 2.14. The van der Waals surface area contributed by atoms with Crippen LogP contribution in [0.15, 0.2) is 30.3 Å². The van der Waals surface area contributed by atoms with Crippen LogP contribution in [0.25, 0.3) is 0 Å². The molecular weight excluding hydrogens is 236 g/mol. The van der Waals surface area contributed by atoms with Gasteiger partial charge in [-0.3, -0.25) is 4.68 Å². The number of rotatable bonds is 4. The van der Waals surface area contributed by atoms with E-state index in [2.05, 4.69) is 18.1 Å². The van der Waals surface area contributed by atoms with Gasteiger partial charge in [-0.05, 0) is 30.7 Å². The van der Waals surface area contributed by atoms with Gasteiger partial charge in [-0.1, -0.05) is 24.6 Å². The first-order valence-electron chi connectivity index (χ1n) is 5.59. The molecule has 90 valence electrons. The van der Waals surface area contributed by atoms with Crippen LogP contribution in [0.4, 0.5) is 0 Å². The lowest BCUT2D eigenvalue weighted by molar-refractivity contribution is 0.295. The van der Waals surface area contributed by atoms with Crippen molar-refractivity contribution < 1.29 is 4.74 Å². The van der Waals surface area contributed by atoms with Gasteiger partial charge in [0.1, 0.15) is 12.4 Å². The number of hydrogen-bond donors (Lipinski definition) is 0. The summed E-state index contributed by atoms with van der Waals surface area (Å²) in [6.07, 6.45) is 0.936. The molecule has 17 heavy (non-hydrogen) atoms. The van der Waals surface area contributed by atoms with Crippen molar-refractivity contribution in [2.75, 3.05) is 0 Å². The molecule has 1 aromatic carbocycles. The van der Waals surface area contributed by atoms with Gasteiger partial charge >= 0.3 is 0 Å². The van der Waals surface area contributed by atoms with Gasteiger partial charge < -0.3 is 4.74 Å². The van der Waals surface area contributed by atoms with Gasteiger partial charge in [-0.25, -0.2) is 0 Å². The summed E-state index contributed by atoms with van der Waals surface area (Å²) in [6, 6.07) is 9.46. The van der Waals surface area contributed by atoms with Crippen LogP contribution < -0.4 is 4.74 Å². The molecule has 0 N–H and O–H groups in total. The average molecular weight is 251 g/mol. The minimum Gasteiger partial charge on any atom is -0.487 e. The summed E-state index contributed by atoms with van der Waals surface area (Å²) >= 11 is 5.89. The van der Waals surface area contributed by atoms with E-state index < -0.39 is 0 Å². The number of benzene rings is 1. The van der Waals surface area contributed by atoms with Crippen molar-refractivity contribution in [3.8, 4) is 5.75 Å². The second-order valence-corrected chi connectivity index (χ2v) is 4.29. The molecule has 0 aliphatic rings. The van der Waals surface area contributed by atoms with Gasteiger partial charge in [0, 0.05) is 12.1 Å². The minimum absolute atomic E-state index is 0.504. The Kier molecular flexibility index (Phi) is 3.69. The van der Waals surface area contributed by atoms with Crippen LogP contribution in [-0.4, -0.2) is 9.78 Å². The normalized spacial score (nSPS) is 10.5. The Labute approximate surface area is 106 Å². The van der Waals surface area contributed by atoms with Gasteiger partial charge in [0.15, 0.2) is 0 Å².